The molecule has 3 heteroatoms. The summed E-state index contributed by atoms with van der Waals surface area (Å²) in [6, 6.07) is 0. The maximum atomic E-state index is 4.14. The van der Waals surface area contributed by atoms with E-state index in [4.69, 9.17) is 0 Å². The normalized spacial score (nSPS) is 26.9. The summed E-state index contributed by atoms with van der Waals surface area (Å²) in [5.74, 6) is 1.78. The van der Waals surface area contributed by atoms with Crippen molar-refractivity contribution in [2.24, 2.45) is 11.8 Å². The lowest BCUT2D eigenvalue weighted by Crippen LogP contribution is -2.23. The summed E-state index contributed by atoms with van der Waals surface area (Å²) in [6.07, 6.45) is 7.50. The number of nitrogens with zero attached hydrogens (tertiary/aromatic N) is 1. The lowest BCUT2D eigenvalue weighted by Gasteiger charge is -2.18. The van der Waals surface area contributed by atoms with Crippen LogP contribution in [0.25, 0.3) is 0 Å². The molecule has 0 saturated heterocycles. The molecule has 1 aromatic rings. The van der Waals surface area contributed by atoms with Crippen LogP contribution in [0.1, 0.15) is 24.1 Å². The maximum absolute atomic E-state index is 4.14. The third-order valence-corrected chi connectivity index (χ3v) is 4.03. The smallest absolute Gasteiger partial charge is 0.0794 e. The van der Waals surface area contributed by atoms with Crippen LogP contribution in [0.5, 0.6) is 0 Å². The molecule has 78 valence electrons. The Morgan fingerprint density at radius 2 is 2.36 bits per heavy atom. The number of thiazole rings is 1. The highest BCUT2D eigenvalue weighted by Gasteiger charge is 2.26. The minimum Gasteiger partial charge on any atom is -0.319 e. The molecule has 1 fully saturated rings. The Hall–Kier alpha value is -0.410. The maximum Gasteiger partial charge on any atom is 0.0794 e. The lowest BCUT2D eigenvalue weighted by molar-refractivity contribution is 0.376. The molecule has 0 spiro atoms. The first-order chi connectivity index (χ1) is 6.90. The molecule has 0 bridgehead atoms. The highest BCUT2D eigenvalue weighted by Crippen LogP contribution is 2.34. The molecule has 2 nitrogen and oxygen atoms in total. The van der Waals surface area contributed by atoms with Crippen molar-refractivity contribution in [1.82, 2.24) is 10.3 Å². The predicted molar refractivity (Wildman–Crippen MR) is 60.6 cm³/mol. The predicted octanol–water partition coefficient (Wildman–Crippen LogP) is 2.32. The molecule has 1 N–H and O–H groups in total. The minimum atomic E-state index is 0.891. The van der Waals surface area contributed by atoms with Crippen molar-refractivity contribution in [1.29, 1.82) is 0 Å². The molecular formula is C11H18N2S. The van der Waals surface area contributed by atoms with E-state index >= 15 is 0 Å². The second-order valence-corrected chi connectivity index (χ2v) is 5.15. The van der Waals surface area contributed by atoms with Crippen LogP contribution in [-0.4, -0.2) is 18.6 Å². The van der Waals surface area contributed by atoms with Crippen LogP contribution in [0.2, 0.25) is 0 Å². The molecule has 2 unspecified atom stereocenters. The largest absolute Gasteiger partial charge is 0.319 e. The van der Waals surface area contributed by atoms with Gasteiger partial charge in [0.05, 0.1) is 5.51 Å². The summed E-state index contributed by atoms with van der Waals surface area (Å²) in [6.45, 7) is 1.18. The molecule has 0 radical (unpaired) electrons. The van der Waals surface area contributed by atoms with E-state index in [-0.39, 0.29) is 0 Å². The van der Waals surface area contributed by atoms with Gasteiger partial charge in [-0.05, 0) is 44.7 Å². The number of hydrogen-bond donors (Lipinski definition) is 1. The zero-order chi connectivity index (χ0) is 9.80. The molecule has 1 aliphatic carbocycles. The van der Waals surface area contributed by atoms with Crippen molar-refractivity contribution in [2.45, 2.75) is 25.7 Å². The van der Waals surface area contributed by atoms with Gasteiger partial charge in [-0.1, -0.05) is 6.42 Å². The number of rotatable bonds is 4. The summed E-state index contributed by atoms with van der Waals surface area (Å²) >= 11 is 1.80. The van der Waals surface area contributed by atoms with Gasteiger partial charge in [0.2, 0.25) is 0 Å². The van der Waals surface area contributed by atoms with Gasteiger partial charge in [-0.15, -0.1) is 11.3 Å². The summed E-state index contributed by atoms with van der Waals surface area (Å²) in [5, 5.41) is 3.31. The summed E-state index contributed by atoms with van der Waals surface area (Å²) < 4.78 is 0. The second-order valence-electron chi connectivity index (χ2n) is 4.18. The first-order valence-electron chi connectivity index (χ1n) is 5.42. The van der Waals surface area contributed by atoms with Gasteiger partial charge in [0.25, 0.3) is 0 Å². The summed E-state index contributed by atoms with van der Waals surface area (Å²) in [5.41, 5.74) is 1.94. The van der Waals surface area contributed by atoms with Crippen LogP contribution in [0.4, 0.5) is 0 Å². The molecule has 0 aromatic carbocycles. The third-order valence-electron chi connectivity index (χ3n) is 3.23. The fourth-order valence-electron chi connectivity index (χ4n) is 2.51. The van der Waals surface area contributed by atoms with Gasteiger partial charge in [0.1, 0.15) is 0 Å². The highest BCUT2D eigenvalue weighted by atomic mass is 32.1. The first kappa shape index (κ1) is 10.1. The molecule has 0 aliphatic heterocycles. The van der Waals surface area contributed by atoms with Gasteiger partial charge < -0.3 is 5.32 Å². The number of hydrogen-bond acceptors (Lipinski definition) is 3. The average Bonchev–Trinajstić information content (AvgIpc) is 2.80. The van der Waals surface area contributed by atoms with Crippen molar-refractivity contribution in [3.63, 3.8) is 0 Å². The molecule has 14 heavy (non-hydrogen) atoms. The second kappa shape index (κ2) is 4.89. The van der Waals surface area contributed by atoms with E-state index in [0.717, 1.165) is 11.8 Å². The zero-order valence-electron chi connectivity index (χ0n) is 8.70. The Bertz CT molecular complexity index is 258. The van der Waals surface area contributed by atoms with Gasteiger partial charge in [-0.3, -0.25) is 4.98 Å². The standard InChI is InChI=1S/C11H18N2S/c1-12-6-10-4-2-3-9(10)5-11-7-13-8-14-11/h7-10,12H,2-6H2,1H3. The number of aromatic nitrogens is 1. The molecular weight excluding hydrogens is 192 g/mol. The highest BCUT2D eigenvalue weighted by molar-refractivity contribution is 7.09. The molecule has 1 aliphatic rings. The van der Waals surface area contributed by atoms with Crippen molar-refractivity contribution < 1.29 is 0 Å². The molecule has 2 rings (SSSR count). The van der Waals surface area contributed by atoms with Crippen molar-refractivity contribution >= 4 is 11.3 Å². The Kier molecular flexibility index (Phi) is 3.54. The molecule has 1 saturated carbocycles. The van der Waals surface area contributed by atoms with E-state index in [9.17, 15) is 0 Å². The van der Waals surface area contributed by atoms with Gasteiger partial charge in [-0.25, -0.2) is 0 Å². The van der Waals surface area contributed by atoms with Crippen LogP contribution in [-0.2, 0) is 6.42 Å². The zero-order valence-corrected chi connectivity index (χ0v) is 9.52. The van der Waals surface area contributed by atoms with Crippen LogP contribution in [0.3, 0.4) is 0 Å². The Balaban J connectivity index is 1.90. The van der Waals surface area contributed by atoms with E-state index in [0.29, 0.717) is 0 Å². The van der Waals surface area contributed by atoms with Crippen molar-refractivity contribution in [3.8, 4) is 0 Å². The first-order valence-corrected chi connectivity index (χ1v) is 6.30. The van der Waals surface area contributed by atoms with Crippen molar-refractivity contribution in [2.75, 3.05) is 13.6 Å². The molecule has 2 atom stereocenters. The lowest BCUT2D eigenvalue weighted by atomic mass is 9.92. The SMILES string of the molecule is CNCC1CCCC1Cc1cncs1. The molecule has 1 aromatic heterocycles. The van der Waals surface area contributed by atoms with Crippen LogP contribution < -0.4 is 5.32 Å². The fraction of sp³-hybridized carbons (Fsp3) is 0.727. The summed E-state index contributed by atoms with van der Waals surface area (Å²) in [4.78, 5) is 5.59. The third kappa shape index (κ3) is 2.34. The molecule has 1 heterocycles. The van der Waals surface area contributed by atoms with Crippen molar-refractivity contribution in [3.05, 3.63) is 16.6 Å². The molecule has 0 amide bonds. The van der Waals surface area contributed by atoms with Gasteiger partial charge in [0.15, 0.2) is 0 Å². The van der Waals surface area contributed by atoms with Crippen LogP contribution >= 0.6 is 11.3 Å². The minimum absolute atomic E-state index is 0.891. The monoisotopic (exact) mass is 210 g/mol. The van der Waals surface area contributed by atoms with Gasteiger partial charge in [-0.2, -0.15) is 0 Å². The average molecular weight is 210 g/mol. The Morgan fingerprint density at radius 3 is 3.07 bits per heavy atom. The van der Waals surface area contributed by atoms with E-state index in [2.05, 4.69) is 17.3 Å². The quantitative estimate of drug-likeness (QED) is 0.825. The summed E-state index contributed by atoms with van der Waals surface area (Å²) in [7, 11) is 2.06. The van der Waals surface area contributed by atoms with Gasteiger partial charge in [0, 0.05) is 11.1 Å². The van der Waals surface area contributed by atoms with Gasteiger partial charge >= 0.3 is 0 Å². The number of nitrogens with one attached hydrogen (secondary N) is 1. The van der Waals surface area contributed by atoms with E-state index in [1.54, 1.807) is 11.3 Å². The fourth-order valence-corrected chi connectivity index (χ4v) is 3.20. The Labute approximate surface area is 89.8 Å². The Morgan fingerprint density at radius 1 is 1.50 bits per heavy atom. The van der Waals surface area contributed by atoms with Crippen LogP contribution in [0.15, 0.2) is 11.7 Å². The van der Waals surface area contributed by atoms with E-state index in [1.165, 1.54) is 37.1 Å². The van der Waals surface area contributed by atoms with E-state index < -0.39 is 0 Å². The van der Waals surface area contributed by atoms with E-state index in [1.807, 2.05) is 11.7 Å². The van der Waals surface area contributed by atoms with Crippen LogP contribution in [0, 0.1) is 11.8 Å². The topological polar surface area (TPSA) is 24.9 Å².